The van der Waals surface area contributed by atoms with Crippen LogP contribution in [-0.4, -0.2) is 43.7 Å². The molecule has 3 N–H and O–H groups in total. The molecule has 0 rings (SSSR count). The van der Waals surface area contributed by atoms with Crippen molar-refractivity contribution in [2.75, 3.05) is 26.8 Å². The number of hydrazine groups is 1. The zero-order valence-electron chi connectivity index (χ0n) is 11.9. The SMILES string of the molecule is CCC(C)CN(CC)C(=NC(C)COC)NN. The maximum Gasteiger partial charge on any atom is 0.208 e. The van der Waals surface area contributed by atoms with Gasteiger partial charge in [-0.1, -0.05) is 20.3 Å². The van der Waals surface area contributed by atoms with Gasteiger partial charge in [-0.05, 0) is 19.8 Å². The van der Waals surface area contributed by atoms with E-state index >= 15 is 0 Å². The molecule has 5 heteroatoms. The predicted octanol–water partition coefficient (Wildman–Crippen LogP) is 1.21. The first kappa shape index (κ1) is 16.2. The van der Waals surface area contributed by atoms with Crippen LogP contribution in [0.1, 0.15) is 34.1 Å². The zero-order chi connectivity index (χ0) is 13.3. The predicted molar refractivity (Wildman–Crippen MR) is 72.8 cm³/mol. The van der Waals surface area contributed by atoms with Gasteiger partial charge in [0.25, 0.3) is 0 Å². The molecule has 0 radical (unpaired) electrons. The average molecular weight is 244 g/mol. The van der Waals surface area contributed by atoms with Crippen molar-refractivity contribution in [2.45, 2.75) is 40.2 Å². The Kier molecular flexibility index (Phi) is 8.80. The topological polar surface area (TPSA) is 62.9 Å². The van der Waals surface area contributed by atoms with Gasteiger partial charge in [-0.3, -0.25) is 5.43 Å². The Morgan fingerprint density at radius 3 is 2.47 bits per heavy atom. The van der Waals surface area contributed by atoms with E-state index in [2.05, 4.69) is 36.1 Å². The largest absolute Gasteiger partial charge is 0.382 e. The summed E-state index contributed by atoms with van der Waals surface area (Å²) < 4.78 is 5.07. The second-order valence-corrected chi connectivity index (χ2v) is 4.45. The first-order chi connectivity index (χ1) is 8.08. The Balaban J connectivity index is 4.56. The maximum atomic E-state index is 5.55. The second-order valence-electron chi connectivity index (χ2n) is 4.45. The van der Waals surface area contributed by atoms with E-state index in [0.29, 0.717) is 12.5 Å². The summed E-state index contributed by atoms with van der Waals surface area (Å²) in [7, 11) is 1.68. The monoisotopic (exact) mass is 244 g/mol. The zero-order valence-corrected chi connectivity index (χ0v) is 11.9. The highest BCUT2D eigenvalue weighted by molar-refractivity contribution is 5.79. The number of rotatable bonds is 7. The number of nitrogens with one attached hydrogen (secondary N) is 1. The molecule has 0 aromatic heterocycles. The summed E-state index contributed by atoms with van der Waals surface area (Å²) >= 11 is 0. The second kappa shape index (κ2) is 9.24. The number of guanidine groups is 1. The lowest BCUT2D eigenvalue weighted by Crippen LogP contribution is -2.47. The van der Waals surface area contributed by atoms with Crippen LogP contribution in [-0.2, 0) is 4.74 Å². The standard InChI is InChI=1S/C12H28N4O/c1-6-10(3)8-16(7-2)12(15-13)14-11(4)9-17-5/h10-11H,6-9,13H2,1-5H3,(H,14,15). The van der Waals surface area contributed by atoms with E-state index in [1.807, 2.05) is 6.92 Å². The Labute approximate surface area is 105 Å². The van der Waals surface area contributed by atoms with Crippen LogP contribution in [0.25, 0.3) is 0 Å². The van der Waals surface area contributed by atoms with Crippen molar-refractivity contribution in [1.82, 2.24) is 10.3 Å². The molecule has 2 atom stereocenters. The van der Waals surface area contributed by atoms with E-state index in [1.54, 1.807) is 7.11 Å². The van der Waals surface area contributed by atoms with Gasteiger partial charge in [0, 0.05) is 20.2 Å². The number of methoxy groups -OCH3 is 1. The highest BCUT2D eigenvalue weighted by Crippen LogP contribution is 2.05. The number of hydrogen-bond donors (Lipinski definition) is 2. The van der Waals surface area contributed by atoms with Crippen LogP contribution in [0.15, 0.2) is 4.99 Å². The molecule has 102 valence electrons. The summed E-state index contributed by atoms with van der Waals surface area (Å²) in [5, 5.41) is 0. The van der Waals surface area contributed by atoms with Gasteiger partial charge in [0.15, 0.2) is 0 Å². The highest BCUT2D eigenvalue weighted by atomic mass is 16.5. The lowest BCUT2D eigenvalue weighted by molar-refractivity contribution is 0.185. The van der Waals surface area contributed by atoms with Crippen LogP contribution >= 0.6 is 0 Å². The summed E-state index contributed by atoms with van der Waals surface area (Å²) in [5.41, 5.74) is 2.69. The Bertz CT molecular complexity index is 221. The molecular formula is C12H28N4O. The molecule has 0 saturated carbocycles. The van der Waals surface area contributed by atoms with E-state index in [0.717, 1.165) is 25.5 Å². The maximum absolute atomic E-state index is 5.55. The molecule has 0 heterocycles. The summed E-state index contributed by atoms with van der Waals surface area (Å²) in [6.07, 6.45) is 1.15. The van der Waals surface area contributed by atoms with Crippen molar-refractivity contribution in [3.05, 3.63) is 0 Å². The lowest BCUT2D eigenvalue weighted by atomic mass is 10.1. The molecule has 5 nitrogen and oxygen atoms in total. The lowest BCUT2D eigenvalue weighted by Gasteiger charge is -2.27. The van der Waals surface area contributed by atoms with E-state index in [-0.39, 0.29) is 6.04 Å². The van der Waals surface area contributed by atoms with Crippen LogP contribution in [0, 0.1) is 5.92 Å². The van der Waals surface area contributed by atoms with Crippen molar-refractivity contribution in [3.63, 3.8) is 0 Å². The van der Waals surface area contributed by atoms with E-state index in [4.69, 9.17) is 10.6 Å². The summed E-state index contributed by atoms with van der Waals surface area (Å²) in [4.78, 5) is 6.69. The molecule has 0 aromatic carbocycles. The first-order valence-corrected chi connectivity index (χ1v) is 6.37. The molecular weight excluding hydrogens is 216 g/mol. The van der Waals surface area contributed by atoms with E-state index < -0.39 is 0 Å². The quantitative estimate of drug-likeness (QED) is 0.306. The van der Waals surface area contributed by atoms with E-state index in [9.17, 15) is 0 Å². The average Bonchev–Trinajstić information content (AvgIpc) is 2.33. The number of nitrogens with two attached hydrogens (primary N) is 1. The van der Waals surface area contributed by atoms with Crippen LogP contribution in [0.5, 0.6) is 0 Å². The molecule has 0 aliphatic rings. The van der Waals surface area contributed by atoms with Crippen molar-refractivity contribution >= 4 is 5.96 Å². The molecule has 0 spiro atoms. The smallest absolute Gasteiger partial charge is 0.208 e. The minimum Gasteiger partial charge on any atom is -0.382 e. The van der Waals surface area contributed by atoms with Gasteiger partial charge in [0.2, 0.25) is 5.96 Å². The van der Waals surface area contributed by atoms with E-state index in [1.165, 1.54) is 0 Å². The van der Waals surface area contributed by atoms with Crippen molar-refractivity contribution in [3.8, 4) is 0 Å². The number of aliphatic imine (C=N–C) groups is 1. The van der Waals surface area contributed by atoms with Gasteiger partial charge in [-0.2, -0.15) is 0 Å². The Morgan fingerprint density at radius 2 is 2.06 bits per heavy atom. The van der Waals surface area contributed by atoms with Gasteiger partial charge >= 0.3 is 0 Å². The van der Waals surface area contributed by atoms with Crippen molar-refractivity contribution in [2.24, 2.45) is 16.8 Å². The molecule has 0 fully saturated rings. The van der Waals surface area contributed by atoms with Gasteiger partial charge in [0.1, 0.15) is 0 Å². The highest BCUT2D eigenvalue weighted by Gasteiger charge is 2.12. The van der Waals surface area contributed by atoms with Gasteiger partial charge in [-0.25, -0.2) is 10.8 Å². The molecule has 0 aliphatic carbocycles. The normalized spacial score (nSPS) is 15.5. The van der Waals surface area contributed by atoms with Crippen molar-refractivity contribution < 1.29 is 4.74 Å². The van der Waals surface area contributed by atoms with Crippen LogP contribution in [0.4, 0.5) is 0 Å². The molecule has 0 aliphatic heterocycles. The van der Waals surface area contributed by atoms with Crippen LogP contribution < -0.4 is 11.3 Å². The summed E-state index contributed by atoms with van der Waals surface area (Å²) in [6.45, 7) is 11.0. The minimum atomic E-state index is 0.108. The molecule has 17 heavy (non-hydrogen) atoms. The Hall–Kier alpha value is -0.810. The molecule has 0 bridgehead atoms. The van der Waals surface area contributed by atoms with Gasteiger partial charge in [-0.15, -0.1) is 0 Å². The fourth-order valence-electron chi connectivity index (χ4n) is 1.57. The fourth-order valence-corrected chi connectivity index (χ4v) is 1.57. The van der Waals surface area contributed by atoms with Gasteiger partial charge in [0.05, 0.1) is 12.6 Å². The Morgan fingerprint density at radius 1 is 1.41 bits per heavy atom. The van der Waals surface area contributed by atoms with Gasteiger partial charge < -0.3 is 9.64 Å². The third-order valence-corrected chi connectivity index (χ3v) is 2.79. The molecule has 0 saturated heterocycles. The fraction of sp³-hybridized carbons (Fsp3) is 0.917. The third kappa shape index (κ3) is 6.48. The third-order valence-electron chi connectivity index (χ3n) is 2.79. The molecule has 0 aromatic rings. The number of ether oxygens (including phenoxy) is 1. The first-order valence-electron chi connectivity index (χ1n) is 6.37. The minimum absolute atomic E-state index is 0.108. The summed E-state index contributed by atoms with van der Waals surface area (Å²) in [6, 6.07) is 0.108. The number of nitrogens with zero attached hydrogens (tertiary/aromatic N) is 2. The van der Waals surface area contributed by atoms with Crippen LogP contribution in [0.2, 0.25) is 0 Å². The molecule has 0 amide bonds. The number of hydrogen-bond acceptors (Lipinski definition) is 3. The summed E-state index contributed by atoms with van der Waals surface area (Å²) in [5.74, 6) is 6.93. The molecule has 2 unspecified atom stereocenters. The van der Waals surface area contributed by atoms with Crippen molar-refractivity contribution in [1.29, 1.82) is 0 Å². The van der Waals surface area contributed by atoms with Crippen LogP contribution in [0.3, 0.4) is 0 Å².